The van der Waals surface area contributed by atoms with Crippen molar-refractivity contribution >= 4 is 5.97 Å². The summed E-state index contributed by atoms with van der Waals surface area (Å²) in [6, 6.07) is 5.14. The van der Waals surface area contributed by atoms with Gasteiger partial charge in [-0.2, -0.15) is 13.2 Å². The van der Waals surface area contributed by atoms with E-state index in [2.05, 4.69) is 4.98 Å². The monoisotopic (exact) mass is 457 g/mol. The molecular formula is C22H26F3NO6. The predicted molar refractivity (Wildman–Crippen MR) is 107 cm³/mol. The lowest BCUT2D eigenvalue weighted by atomic mass is 9.95. The number of aliphatic carboxylic acids is 1. The second-order valence-electron chi connectivity index (χ2n) is 7.68. The Morgan fingerprint density at radius 1 is 1.25 bits per heavy atom. The minimum atomic E-state index is -4.52. The number of ether oxygens (including phenoxy) is 3. The van der Waals surface area contributed by atoms with Gasteiger partial charge in [0, 0.05) is 12.7 Å². The van der Waals surface area contributed by atoms with Crippen molar-refractivity contribution in [1.29, 1.82) is 0 Å². The van der Waals surface area contributed by atoms with Crippen LogP contribution in [-0.2, 0) is 31.8 Å². The Labute approximate surface area is 183 Å². The predicted octanol–water partition coefficient (Wildman–Crippen LogP) is 4.61. The summed E-state index contributed by atoms with van der Waals surface area (Å²) in [6.07, 6.45) is -2.81. The first-order valence-electron chi connectivity index (χ1n) is 10.3. The summed E-state index contributed by atoms with van der Waals surface area (Å²) in [6.45, 7) is 1.68. The third-order valence-electron chi connectivity index (χ3n) is 5.43. The Morgan fingerprint density at radius 3 is 2.59 bits per heavy atom. The first-order valence-corrected chi connectivity index (χ1v) is 10.3. The van der Waals surface area contributed by atoms with E-state index < -0.39 is 23.8 Å². The Morgan fingerprint density at radius 2 is 1.94 bits per heavy atom. The van der Waals surface area contributed by atoms with Crippen molar-refractivity contribution in [3.8, 4) is 11.5 Å². The first kappa shape index (κ1) is 24.2. The molecule has 1 aromatic carbocycles. The summed E-state index contributed by atoms with van der Waals surface area (Å²) in [5.74, 6) is -0.788. The summed E-state index contributed by atoms with van der Waals surface area (Å²) in [5.41, 5.74) is -0.492. The van der Waals surface area contributed by atoms with Gasteiger partial charge in [-0.15, -0.1) is 0 Å². The zero-order chi connectivity index (χ0) is 23.3. The number of nitrogens with zero attached hydrogens (tertiary/aromatic N) is 1. The second-order valence-corrected chi connectivity index (χ2v) is 7.68. The number of carboxylic acids is 1. The average molecular weight is 457 g/mol. The summed E-state index contributed by atoms with van der Waals surface area (Å²) in [7, 11) is 1.32. The highest BCUT2D eigenvalue weighted by atomic mass is 19.4. The van der Waals surface area contributed by atoms with E-state index in [-0.39, 0.29) is 36.9 Å². The van der Waals surface area contributed by atoms with Crippen molar-refractivity contribution < 1.29 is 41.7 Å². The van der Waals surface area contributed by atoms with Crippen LogP contribution in [-0.4, -0.2) is 48.1 Å². The number of alkyl halides is 3. The van der Waals surface area contributed by atoms with Gasteiger partial charge in [0.15, 0.2) is 6.10 Å². The first-order chi connectivity index (χ1) is 15.2. The smallest absolute Gasteiger partial charge is 0.417 e. The highest BCUT2D eigenvalue weighted by Gasteiger charge is 2.35. The third-order valence-corrected chi connectivity index (χ3v) is 5.43. The molecule has 0 radical (unpaired) electrons. The van der Waals surface area contributed by atoms with E-state index in [1.165, 1.54) is 25.3 Å². The number of carbonyl (C=O) groups is 1. The molecule has 1 N–H and O–H groups in total. The van der Waals surface area contributed by atoms with Crippen LogP contribution in [0.1, 0.15) is 42.7 Å². The van der Waals surface area contributed by atoms with E-state index in [4.69, 9.17) is 23.7 Å². The molecule has 0 saturated heterocycles. The summed E-state index contributed by atoms with van der Waals surface area (Å²) in [4.78, 5) is 15.3. The third kappa shape index (κ3) is 6.08. The molecule has 1 saturated carbocycles. The maximum atomic E-state index is 13.3. The lowest BCUT2D eigenvalue weighted by Gasteiger charge is -2.29. The van der Waals surface area contributed by atoms with Gasteiger partial charge >= 0.3 is 12.1 Å². The lowest BCUT2D eigenvalue weighted by Crippen LogP contribution is -2.34. The molecule has 1 unspecified atom stereocenters. The molecule has 0 amide bonds. The van der Waals surface area contributed by atoms with Gasteiger partial charge in [0.25, 0.3) is 0 Å². The maximum Gasteiger partial charge on any atom is 0.417 e. The van der Waals surface area contributed by atoms with Crippen molar-refractivity contribution in [1.82, 2.24) is 4.98 Å². The van der Waals surface area contributed by atoms with Crippen LogP contribution in [0.2, 0.25) is 0 Å². The van der Waals surface area contributed by atoms with E-state index >= 15 is 0 Å². The van der Waals surface area contributed by atoms with E-state index in [0.29, 0.717) is 17.9 Å². The Balaban J connectivity index is 1.60. The summed E-state index contributed by atoms with van der Waals surface area (Å²) >= 11 is 0. The highest BCUT2D eigenvalue weighted by molar-refractivity contribution is 5.72. The molecule has 3 rings (SSSR count). The number of oxazole rings is 1. The van der Waals surface area contributed by atoms with E-state index in [1.54, 1.807) is 6.92 Å². The summed E-state index contributed by atoms with van der Waals surface area (Å²) in [5, 5.41) is 9.03. The van der Waals surface area contributed by atoms with Crippen molar-refractivity contribution in [2.75, 3.05) is 13.7 Å². The van der Waals surface area contributed by atoms with Crippen molar-refractivity contribution in [2.24, 2.45) is 0 Å². The number of methoxy groups -OCH3 is 1. The molecule has 1 heterocycles. The second kappa shape index (κ2) is 10.5. The number of aryl methyl sites for hydroxylation is 1. The Kier molecular flexibility index (Phi) is 7.91. The minimum Gasteiger partial charge on any atom is -0.479 e. The number of hydrogen-bond donors (Lipinski definition) is 1. The van der Waals surface area contributed by atoms with Gasteiger partial charge in [0.1, 0.15) is 11.5 Å². The lowest BCUT2D eigenvalue weighted by molar-refractivity contribution is -0.155. The molecule has 1 aliphatic carbocycles. The van der Waals surface area contributed by atoms with E-state index in [0.717, 1.165) is 25.3 Å². The SMILES string of the molecule is COC(CO[C@@H]1CCC[C@H](OCc2nc(-c3ccccc3C(F)(F)F)oc2C)C1)C(=O)O. The van der Waals surface area contributed by atoms with Crippen LogP contribution in [0.5, 0.6) is 0 Å². The molecule has 1 fully saturated rings. The minimum absolute atomic E-state index is 0.0480. The van der Waals surface area contributed by atoms with Crippen LogP contribution in [0.25, 0.3) is 11.5 Å². The quantitative estimate of drug-likeness (QED) is 0.588. The van der Waals surface area contributed by atoms with Gasteiger partial charge in [-0.1, -0.05) is 12.1 Å². The fraction of sp³-hybridized carbons (Fsp3) is 0.545. The van der Waals surface area contributed by atoms with Crippen LogP contribution >= 0.6 is 0 Å². The number of benzene rings is 1. The van der Waals surface area contributed by atoms with Gasteiger partial charge in [-0.05, 0) is 44.7 Å². The van der Waals surface area contributed by atoms with Crippen molar-refractivity contribution in [3.63, 3.8) is 0 Å². The normalized spacial score (nSPS) is 20.3. The van der Waals surface area contributed by atoms with Gasteiger partial charge in [-0.25, -0.2) is 9.78 Å². The number of hydrogen-bond acceptors (Lipinski definition) is 6. The van der Waals surface area contributed by atoms with Crippen molar-refractivity contribution in [2.45, 2.75) is 63.7 Å². The molecule has 0 spiro atoms. The number of aromatic nitrogens is 1. The number of rotatable bonds is 9. The topological polar surface area (TPSA) is 91.0 Å². The van der Waals surface area contributed by atoms with Crippen LogP contribution in [0.3, 0.4) is 0 Å². The molecule has 0 bridgehead atoms. The zero-order valence-corrected chi connectivity index (χ0v) is 17.9. The molecule has 176 valence electrons. The standard InChI is InChI=1S/C22H26F3NO6/c1-13-18(26-20(32-13)16-8-3-4-9-17(16)22(23,24)25)11-30-14-6-5-7-15(10-14)31-12-19(29-2)21(27)28/h3-4,8-9,14-15,19H,5-7,10-12H2,1-2H3,(H,27,28)/t14-,15+,19?/m0/s1. The van der Waals surface area contributed by atoms with E-state index in [9.17, 15) is 18.0 Å². The van der Waals surface area contributed by atoms with Crippen molar-refractivity contribution in [3.05, 3.63) is 41.3 Å². The molecule has 7 nitrogen and oxygen atoms in total. The fourth-order valence-electron chi connectivity index (χ4n) is 3.66. The molecule has 10 heteroatoms. The van der Waals surface area contributed by atoms with E-state index in [1.807, 2.05) is 0 Å². The van der Waals surface area contributed by atoms with Gasteiger partial charge < -0.3 is 23.7 Å². The van der Waals surface area contributed by atoms with Crippen LogP contribution in [0.15, 0.2) is 28.7 Å². The molecule has 1 aromatic heterocycles. The maximum absolute atomic E-state index is 13.3. The molecule has 1 aliphatic rings. The van der Waals surface area contributed by atoms with Gasteiger partial charge in [0.05, 0.1) is 31.0 Å². The Hall–Kier alpha value is -2.43. The van der Waals surface area contributed by atoms with Gasteiger partial charge in [0.2, 0.25) is 5.89 Å². The number of carboxylic acid groups (broad SMARTS) is 1. The zero-order valence-electron chi connectivity index (χ0n) is 17.9. The van der Waals surface area contributed by atoms with Crippen LogP contribution in [0, 0.1) is 6.92 Å². The van der Waals surface area contributed by atoms with Crippen LogP contribution in [0.4, 0.5) is 13.2 Å². The largest absolute Gasteiger partial charge is 0.479 e. The molecule has 2 aromatic rings. The summed E-state index contributed by atoms with van der Waals surface area (Å²) < 4.78 is 61.9. The highest BCUT2D eigenvalue weighted by Crippen LogP contribution is 2.37. The molecule has 3 atom stereocenters. The average Bonchev–Trinajstić information content (AvgIpc) is 3.12. The molecule has 0 aliphatic heterocycles. The van der Waals surface area contributed by atoms with Gasteiger partial charge in [-0.3, -0.25) is 0 Å². The fourth-order valence-corrected chi connectivity index (χ4v) is 3.66. The molecule has 32 heavy (non-hydrogen) atoms. The van der Waals surface area contributed by atoms with Crippen LogP contribution < -0.4 is 0 Å². The number of halogens is 3. The Bertz CT molecular complexity index is 913. The molecular weight excluding hydrogens is 431 g/mol.